The zero-order chi connectivity index (χ0) is 18.6. The summed E-state index contributed by atoms with van der Waals surface area (Å²) in [5.41, 5.74) is -0.00836. The van der Waals surface area contributed by atoms with E-state index in [0.29, 0.717) is 11.2 Å². The first-order valence-electron chi connectivity index (χ1n) is 7.51. The molecule has 3 heterocycles. The average Bonchev–Trinajstić information content (AvgIpc) is 3.04. The van der Waals surface area contributed by atoms with E-state index in [9.17, 15) is 23.1 Å². The Labute approximate surface area is 143 Å². The van der Waals surface area contributed by atoms with Gasteiger partial charge in [0.1, 0.15) is 17.1 Å². The number of rotatable bonds is 1. The fourth-order valence-electron chi connectivity index (χ4n) is 2.84. The predicted octanol–water partition coefficient (Wildman–Crippen LogP) is 2.97. The molecule has 0 atom stereocenters. The standard InChI is InChI=1S/C17H11F3N4O2/c1-23-15-8-12(9-4-5-21-14(6-9)17(18,19)20)22-24(15)13-3-2-10(25)7-11(13)16(23)26/h2-8,25H,1H3. The third-order valence-electron chi connectivity index (χ3n) is 4.12. The van der Waals surface area contributed by atoms with Gasteiger partial charge in [-0.25, -0.2) is 4.52 Å². The van der Waals surface area contributed by atoms with Gasteiger partial charge in [0.15, 0.2) is 0 Å². The number of phenols is 1. The SMILES string of the molecule is Cn1c(=O)c2cc(O)ccc2n2nc(-c3ccnc(C(F)(F)F)c3)cc12. The van der Waals surface area contributed by atoms with Gasteiger partial charge in [-0.15, -0.1) is 0 Å². The molecule has 26 heavy (non-hydrogen) atoms. The van der Waals surface area contributed by atoms with Crippen LogP contribution in [0.2, 0.25) is 0 Å². The number of benzene rings is 1. The Bertz CT molecular complexity index is 1220. The lowest BCUT2D eigenvalue weighted by atomic mass is 10.1. The maximum absolute atomic E-state index is 12.9. The van der Waals surface area contributed by atoms with Crippen LogP contribution in [0.25, 0.3) is 27.8 Å². The molecular formula is C17H11F3N4O2. The lowest BCUT2D eigenvalue weighted by molar-refractivity contribution is -0.141. The monoisotopic (exact) mass is 360 g/mol. The number of phenolic OH excluding ortho intramolecular Hbond substituents is 1. The Morgan fingerprint density at radius 1 is 1.12 bits per heavy atom. The van der Waals surface area contributed by atoms with E-state index in [2.05, 4.69) is 10.1 Å². The number of nitrogens with zero attached hydrogens (tertiary/aromatic N) is 4. The van der Waals surface area contributed by atoms with E-state index in [4.69, 9.17) is 0 Å². The van der Waals surface area contributed by atoms with E-state index >= 15 is 0 Å². The van der Waals surface area contributed by atoms with Crippen molar-refractivity contribution in [3.8, 4) is 17.0 Å². The molecule has 0 unspecified atom stereocenters. The van der Waals surface area contributed by atoms with Crippen LogP contribution in [0.5, 0.6) is 5.75 Å². The maximum Gasteiger partial charge on any atom is 0.433 e. The second-order valence-electron chi connectivity index (χ2n) is 5.79. The first-order valence-corrected chi connectivity index (χ1v) is 7.51. The molecule has 9 heteroatoms. The molecular weight excluding hydrogens is 349 g/mol. The van der Waals surface area contributed by atoms with Crippen molar-refractivity contribution >= 4 is 16.6 Å². The third kappa shape index (κ3) is 2.40. The fourth-order valence-corrected chi connectivity index (χ4v) is 2.84. The molecule has 0 bridgehead atoms. The molecule has 0 aliphatic rings. The molecule has 0 radical (unpaired) electrons. The summed E-state index contributed by atoms with van der Waals surface area (Å²) >= 11 is 0. The summed E-state index contributed by atoms with van der Waals surface area (Å²) in [7, 11) is 1.53. The van der Waals surface area contributed by atoms with Crippen molar-refractivity contribution in [2.75, 3.05) is 0 Å². The van der Waals surface area contributed by atoms with Crippen LogP contribution in [0.3, 0.4) is 0 Å². The van der Waals surface area contributed by atoms with Crippen LogP contribution < -0.4 is 5.56 Å². The molecule has 1 aromatic carbocycles. The van der Waals surface area contributed by atoms with E-state index in [0.717, 1.165) is 12.3 Å². The van der Waals surface area contributed by atoms with Gasteiger partial charge in [-0.1, -0.05) is 0 Å². The third-order valence-corrected chi connectivity index (χ3v) is 4.12. The molecule has 0 saturated heterocycles. The Morgan fingerprint density at radius 2 is 1.88 bits per heavy atom. The van der Waals surface area contributed by atoms with Crippen molar-refractivity contribution in [2.24, 2.45) is 7.05 Å². The highest BCUT2D eigenvalue weighted by atomic mass is 19.4. The smallest absolute Gasteiger partial charge is 0.433 e. The molecule has 0 amide bonds. The minimum absolute atomic E-state index is 0.0646. The molecule has 0 aliphatic heterocycles. The summed E-state index contributed by atoms with van der Waals surface area (Å²) < 4.78 is 41.5. The fraction of sp³-hybridized carbons (Fsp3) is 0.118. The molecule has 0 saturated carbocycles. The van der Waals surface area contributed by atoms with Crippen LogP contribution in [-0.2, 0) is 13.2 Å². The van der Waals surface area contributed by atoms with Crippen LogP contribution in [0.15, 0.2) is 47.4 Å². The average molecular weight is 360 g/mol. The topological polar surface area (TPSA) is 72.4 Å². The van der Waals surface area contributed by atoms with Crippen molar-refractivity contribution in [1.29, 1.82) is 0 Å². The highest BCUT2D eigenvalue weighted by Gasteiger charge is 2.32. The number of aromatic nitrogens is 4. The van der Waals surface area contributed by atoms with Crippen LogP contribution in [0.4, 0.5) is 13.2 Å². The number of aromatic hydroxyl groups is 1. The van der Waals surface area contributed by atoms with E-state index < -0.39 is 11.9 Å². The minimum atomic E-state index is -4.56. The Morgan fingerprint density at radius 3 is 2.62 bits per heavy atom. The predicted molar refractivity (Wildman–Crippen MR) is 87.8 cm³/mol. The van der Waals surface area contributed by atoms with Crippen LogP contribution >= 0.6 is 0 Å². The van der Waals surface area contributed by atoms with Gasteiger partial charge in [0.05, 0.1) is 16.6 Å². The first-order chi connectivity index (χ1) is 12.3. The molecule has 0 spiro atoms. The van der Waals surface area contributed by atoms with E-state index in [1.54, 1.807) is 0 Å². The number of fused-ring (bicyclic) bond motifs is 3. The van der Waals surface area contributed by atoms with Gasteiger partial charge >= 0.3 is 6.18 Å². The normalized spacial score (nSPS) is 12.2. The number of hydrogen-bond donors (Lipinski definition) is 1. The van der Waals surface area contributed by atoms with Crippen molar-refractivity contribution < 1.29 is 18.3 Å². The summed E-state index contributed by atoms with van der Waals surface area (Å²) in [6, 6.07) is 8.13. The number of pyridine rings is 1. The van der Waals surface area contributed by atoms with Gasteiger partial charge in [-0.3, -0.25) is 14.3 Å². The molecule has 4 aromatic rings. The van der Waals surface area contributed by atoms with E-state index in [1.165, 1.54) is 46.5 Å². The number of hydrogen-bond acceptors (Lipinski definition) is 4. The first kappa shape index (κ1) is 16.1. The molecule has 0 fully saturated rings. The van der Waals surface area contributed by atoms with Crippen molar-refractivity contribution in [3.05, 3.63) is 58.6 Å². The van der Waals surface area contributed by atoms with Gasteiger partial charge in [0, 0.05) is 24.9 Å². The van der Waals surface area contributed by atoms with Gasteiger partial charge in [0.25, 0.3) is 5.56 Å². The summed E-state index contributed by atoms with van der Waals surface area (Å²) in [5.74, 6) is -0.0646. The summed E-state index contributed by atoms with van der Waals surface area (Å²) in [4.78, 5) is 15.8. The van der Waals surface area contributed by atoms with Crippen molar-refractivity contribution in [2.45, 2.75) is 6.18 Å². The van der Waals surface area contributed by atoms with Crippen molar-refractivity contribution in [1.82, 2.24) is 19.2 Å². The van der Waals surface area contributed by atoms with E-state index in [1.807, 2.05) is 0 Å². The quantitative estimate of drug-likeness (QED) is 0.566. The highest BCUT2D eigenvalue weighted by molar-refractivity contribution is 5.82. The molecule has 0 aliphatic carbocycles. The second kappa shape index (κ2) is 5.32. The van der Waals surface area contributed by atoms with Crippen LogP contribution in [0.1, 0.15) is 5.69 Å². The minimum Gasteiger partial charge on any atom is -0.508 e. The lowest BCUT2D eigenvalue weighted by Crippen LogP contribution is -2.19. The molecule has 1 N–H and O–H groups in total. The lowest BCUT2D eigenvalue weighted by Gasteiger charge is -2.06. The van der Waals surface area contributed by atoms with E-state index in [-0.39, 0.29) is 28.0 Å². The molecule has 132 valence electrons. The Kier molecular flexibility index (Phi) is 3.30. The second-order valence-corrected chi connectivity index (χ2v) is 5.79. The number of halogens is 3. The maximum atomic E-state index is 12.9. The number of aryl methyl sites for hydroxylation is 1. The van der Waals surface area contributed by atoms with Gasteiger partial charge in [-0.2, -0.15) is 18.3 Å². The zero-order valence-corrected chi connectivity index (χ0v) is 13.3. The van der Waals surface area contributed by atoms with Crippen LogP contribution in [-0.4, -0.2) is 24.3 Å². The van der Waals surface area contributed by atoms with Gasteiger partial charge < -0.3 is 5.11 Å². The van der Waals surface area contributed by atoms with Gasteiger partial charge in [0.2, 0.25) is 0 Å². The van der Waals surface area contributed by atoms with Gasteiger partial charge in [-0.05, 0) is 30.3 Å². The molecule has 6 nitrogen and oxygen atoms in total. The van der Waals surface area contributed by atoms with Crippen molar-refractivity contribution in [3.63, 3.8) is 0 Å². The number of alkyl halides is 3. The summed E-state index contributed by atoms with van der Waals surface area (Å²) in [6.45, 7) is 0. The molecule has 4 rings (SSSR count). The summed E-state index contributed by atoms with van der Waals surface area (Å²) in [6.07, 6.45) is -3.50. The zero-order valence-electron chi connectivity index (χ0n) is 13.3. The highest BCUT2D eigenvalue weighted by Crippen LogP contribution is 2.30. The summed E-state index contributed by atoms with van der Waals surface area (Å²) in [5, 5.41) is 14.2. The molecule has 3 aromatic heterocycles. The Balaban J connectivity index is 2.01. The Hall–Kier alpha value is -3.36. The van der Waals surface area contributed by atoms with Crippen LogP contribution in [0, 0.1) is 0 Å². The largest absolute Gasteiger partial charge is 0.508 e.